The minimum absolute atomic E-state index is 0.233. The van der Waals surface area contributed by atoms with Crippen molar-refractivity contribution in [3.8, 4) is 0 Å². The maximum atomic E-state index is 11.8. The first-order valence-corrected chi connectivity index (χ1v) is 6.04. The van der Waals surface area contributed by atoms with Crippen LogP contribution in [0.5, 0.6) is 0 Å². The Morgan fingerprint density at radius 2 is 2.00 bits per heavy atom. The molecule has 98 valence electrons. The first kappa shape index (κ1) is 13.2. The Labute approximate surface area is 111 Å². The molecule has 0 aliphatic heterocycles. The highest BCUT2D eigenvalue weighted by Crippen LogP contribution is 2.08. The second-order valence-corrected chi connectivity index (χ2v) is 4.27. The van der Waals surface area contributed by atoms with E-state index in [0.29, 0.717) is 12.2 Å². The van der Waals surface area contributed by atoms with E-state index in [0.717, 1.165) is 11.3 Å². The molecular formula is C14H16N4O. The summed E-state index contributed by atoms with van der Waals surface area (Å²) in [5.74, 6) is -0.265. The van der Waals surface area contributed by atoms with Gasteiger partial charge >= 0.3 is 0 Å². The number of benzene rings is 1. The summed E-state index contributed by atoms with van der Waals surface area (Å²) in [6.07, 6.45) is 3.02. The lowest BCUT2D eigenvalue weighted by atomic mass is 10.1. The number of carbonyl (C=O) groups is 1. The van der Waals surface area contributed by atoms with Crippen molar-refractivity contribution in [1.29, 1.82) is 0 Å². The molecule has 2 rings (SSSR count). The molecule has 1 aromatic heterocycles. The molecule has 0 aliphatic carbocycles. The van der Waals surface area contributed by atoms with Crippen molar-refractivity contribution < 1.29 is 4.79 Å². The highest BCUT2D eigenvalue weighted by molar-refractivity contribution is 5.91. The van der Waals surface area contributed by atoms with Gasteiger partial charge in [0, 0.05) is 18.8 Å². The average molecular weight is 256 g/mol. The SMILES string of the molecule is Cc1cnc(C(=O)NCC(N)c2ccccc2)cn1. The molecule has 5 nitrogen and oxygen atoms in total. The van der Waals surface area contributed by atoms with Crippen molar-refractivity contribution in [2.75, 3.05) is 6.54 Å². The highest BCUT2D eigenvalue weighted by atomic mass is 16.1. The fraction of sp³-hybridized carbons (Fsp3) is 0.214. The summed E-state index contributed by atoms with van der Waals surface area (Å²) in [6, 6.07) is 9.40. The number of aromatic nitrogens is 2. The van der Waals surface area contributed by atoms with Gasteiger partial charge in [-0.05, 0) is 12.5 Å². The van der Waals surface area contributed by atoms with Gasteiger partial charge in [-0.3, -0.25) is 9.78 Å². The van der Waals surface area contributed by atoms with Crippen molar-refractivity contribution in [2.24, 2.45) is 5.73 Å². The smallest absolute Gasteiger partial charge is 0.271 e. The van der Waals surface area contributed by atoms with Gasteiger partial charge in [-0.25, -0.2) is 4.98 Å². The lowest BCUT2D eigenvalue weighted by Crippen LogP contribution is -2.32. The van der Waals surface area contributed by atoms with Gasteiger partial charge in [0.05, 0.1) is 11.9 Å². The molecule has 1 atom stereocenters. The quantitative estimate of drug-likeness (QED) is 0.861. The van der Waals surface area contributed by atoms with E-state index in [1.54, 1.807) is 6.20 Å². The molecule has 1 aromatic carbocycles. The van der Waals surface area contributed by atoms with Gasteiger partial charge in [0.1, 0.15) is 5.69 Å². The minimum Gasteiger partial charge on any atom is -0.349 e. The van der Waals surface area contributed by atoms with Crippen LogP contribution >= 0.6 is 0 Å². The first-order valence-electron chi connectivity index (χ1n) is 6.04. The molecule has 0 saturated carbocycles. The Morgan fingerprint density at radius 3 is 2.63 bits per heavy atom. The standard InChI is InChI=1S/C14H16N4O/c1-10-7-17-13(9-16-10)14(19)18-8-12(15)11-5-3-2-4-6-11/h2-7,9,12H,8,15H2,1H3,(H,18,19). The summed E-state index contributed by atoms with van der Waals surface area (Å²) in [5, 5.41) is 2.75. The van der Waals surface area contributed by atoms with Gasteiger partial charge < -0.3 is 11.1 Å². The lowest BCUT2D eigenvalue weighted by Gasteiger charge is -2.12. The summed E-state index contributed by atoms with van der Waals surface area (Å²) in [6.45, 7) is 2.18. The third-order valence-corrected chi connectivity index (χ3v) is 2.72. The Kier molecular flexibility index (Phi) is 4.20. The average Bonchev–Trinajstić information content (AvgIpc) is 2.46. The summed E-state index contributed by atoms with van der Waals surface area (Å²) in [7, 11) is 0. The maximum absolute atomic E-state index is 11.8. The predicted octanol–water partition coefficient (Wildman–Crippen LogP) is 1.21. The Balaban J connectivity index is 1.92. The Hall–Kier alpha value is -2.27. The van der Waals surface area contributed by atoms with Crippen molar-refractivity contribution in [1.82, 2.24) is 15.3 Å². The number of carbonyl (C=O) groups excluding carboxylic acids is 1. The molecule has 0 saturated heterocycles. The van der Waals surface area contributed by atoms with Crippen LogP contribution in [0.2, 0.25) is 0 Å². The van der Waals surface area contributed by atoms with Crippen LogP contribution in [0.15, 0.2) is 42.7 Å². The van der Waals surface area contributed by atoms with E-state index in [1.165, 1.54) is 6.20 Å². The number of rotatable bonds is 4. The highest BCUT2D eigenvalue weighted by Gasteiger charge is 2.10. The zero-order valence-corrected chi connectivity index (χ0v) is 10.7. The summed E-state index contributed by atoms with van der Waals surface area (Å²) in [5.41, 5.74) is 8.05. The number of nitrogens with one attached hydrogen (secondary N) is 1. The van der Waals surface area contributed by atoms with E-state index in [1.807, 2.05) is 37.3 Å². The number of nitrogens with zero attached hydrogens (tertiary/aromatic N) is 2. The minimum atomic E-state index is -0.265. The van der Waals surface area contributed by atoms with Crippen LogP contribution < -0.4 is 11.1 Å². The molecule has 0 fully saturated rings. The van der Waals surface area contributed by atoms with E-state index in [-0.39, 0.29) is 11.9 Å². The van der Waals surface area contributed by atoms with Crippen molar-refractivity contribution in [2.45, 2.75) is 13.0 Å². The zero-order valence-electron chi connectivity index (χ0n) is 10.7. The molecule has 1 amide bonds. The van der Waals surface area contributed by atoms with Crippen molar-refractivity contribution in [3.63, 3.8) is 0 Å². The van der Waals surface area contributed by atoms with E-state index in [4.69, 9.17) is 5.73 Å². The maximum Gasteiger partial charge on any atom is 0.271 e. The topological polar surface area (TPSA) is 80.9 Å². The summed E-state index contributed by atoms with van der Waals surface area (Å²) < 4.78 is 0. The van der Waals surface area contributed by atoms with Crippen LogP contribution in [0.4, 0.5) is 0 Å². The van der Waals surface area contributed by atoms with Crippen molar-refractivity contribution >= 4 is 5.91 Å². The van der Waals surface area contributed by atoms with Gasteiger partial charge in [-0.2, -0.15) is 0 Å². The molecule has 3 N–H and O–H groups in total. The normalized spacial score (nSPS) is 11.9. The number of nitrogens with two attached hydrogens (primary N) is 1. The molecule has 19 heavy (non-hydrogen) atoms. The second-order valence-electron chi connectivity index (χ2n) is 4.27. The van der Waals surface area contributed by atoms with Crippen LogP contribution in [0.25, 0.3) is 0 Å². The van der Waals surface area contributed by atoms with E-state index in [2.05, 4.69) is 15.3 Å². The van der Waals surface area contributed by atoms with E-state index in [9.17, 15) is 4.79 Å². The van der Waals surface area contributed by atoms with Gasteiger partial charge in [0.15, 0.2) is 0 Å². The zero-order chi connectivity index (χ0) is 13.7. The second kappa shape index (κ2) is 6.06. The van der Waals surface area contributed by atoms with Gasteiger partial charge in [-0.15, -0.1) is 0 Å². The van der Waals surface area contributed by atoms with Crippen LogP contribution in [0.1, 0.15) is 27.8 Å². The third-order valence-electron chi connectivity index (χ3n) is 2.72. The number of hydrogen-bond acceptors (Lipinski definition) is 4. The monoisotopic (exact) mass is 256 g/mol. The molecular weight excluding hydrogens is 240 g/mol. The summed E-state index contributed by atoms with van der Waals surface area (Å²) >= 11 is 0. The molecule has 0 bridgehead atoms. The molecule has 5 heteroatoms. The van der Waals surface area contributed by atoms with Crippen LogP contribution in [-0.2, 0) is 0 Å². The first-order chi connectivity index (χ1) is 9.16. The molecule has 0 aliphatic rings. The van der Waals surface area contributed by atoms with E-state index >= 15 is 0 Å². The lowest BCUT2D eigenvalue weighted by molar-refractivity contribution is 0.0946. The number of amides is 1. The molecule has 1 unspecified atom stereocenters. The van der Waals surface area contributed by atoms with Gasteiger partial charge in [-0.1, -0.05) is 30.3 Å². The Bertz CT molecular complexity index is 539. The van der Waals surface area contributed by atoms with E-state index < -0.39 is 0 Å². The van der Waals surface area contributed by atoms with Crippen LogP contribution in [0.3, 0.4) is 0 Å². The largest absolute Gasteiger partial charge is 0.349 e. The number of aryl methyl sites for hydroxylation is 1. The molecule has 0 radical (unpaired) electrons. The fourth-order valence-electron chi connectivity index (χ4n) is 1.62. The Morgan fingerprint density at radius 1 is 1.26 bits per heavy atom. The third kappa shape index (κ3) is 3.59. The van der Waals surface area contributed by atoms with Crippen LogP contribution in [-0.4, -0.2) is 22.4 Å². The van der Waals surface area contributed by atoms with Gasteiger partial charge in [0.25, 0.3) is 5.91 Å². The molecule has 0 spiro atoms. The van der Waals surface area contributed by atoms with Crippen molar-refractivity contribution in [3.05, 3.63) is 59.7 Å². The summed E-state index contributed by atoms with van der Waals surface area (Å²) in [4.78, 5) is 19.9. The number of hydrogen-bond donors (Lipinski definition) is 2. The molecule has 1 heterocycles. The predicted molar refractivity (Wildman–Crippen MR) is 72.5 cm³/mol. The molecule has 2 aromatic rings. The van der Waals surface area contributed by atoms with Gasteiger partial charge in [0.2, 0.25) is 0 Å². The fourth-order valence-corrected chi connectivity index (χ4v) is 1.62. The van der Waals surface area contributed by atoms with Crippen LogP contribution in [0, 0.1) is 6.92 Å².